The van der Waals surface area contributed by atoms with Crippen LogP contribution in [0.4, 0.5) is 0 Å². The average molecular weight is 425 g/mol. The van der Waals surface area contributed by atoms with E-state index in [1.807, 2.05) is 11.8 Å². The number of methoxy groups -OCH3 is 1. The summed E-state index contributed by atoms with van der Waals surface area (Å²) in [5.74, 6) is -0.360. The first kappa shape index (κ1) is 21.5. The minimum Gasteiger partial charge on any atom is -0.504 e. The number of Topliss-reactive ketones (excluding diaryl/α,β-unsaturated/α-hetero) is 1. The number of piperidine rings is 1. The summed E-state index contributed by atoms with van der Waals surface area (Å²) >= 11 is 0. The van der Waals surface area contributed by atoms with E-state index in [1.54, 1.807) is 18.2 Å². The molecule has 1 aromatic carbocycles. The fourth-order valence-corrected chi connectivity index (χ4v) is 5.26. The molecule has 0 spiro atoms. The number of likely N-dealkylation sites (tertiary alicyclic amines) is 1. The first-order valence-corrected chi connectivity index (χ1v) is 11.1. The highest BCUT2D eigenvalue weighted by Crippen LogP contribution is 2.48. The van der Waals surface area contributed by atoms with Gasteiger partial charge < -0.3 is 20.1 Å². The second-order valence-electron chi connectivity index (χ2n) is 9.63. The van der Waals surface area contributed by atoms with Crippen LogP contribution in [0, 0.1) is 11.3 Å². The smallest absolute Gasteiger partial charge is 0.252 e. The van der Waals surface area contributed by atoms with Gasteiger partial charge in [0.05, 0.1) is 13.0 Å². The molecule has 0 aromatic heterocycles. The molecule has 3 aliphatic rings. The minimum absolute atomic E-state index is 0.00146. The number of benzene rings is 1. The predicted molar refractivity (Wildman–Crippen MR) is 119 cm³/mol. The first-order chi connectivity index (χ1) is 14.7. The molecule has 166 valence electrons. The van der Waals surface area contributed by atoms with Crippen molar-refractivity contribution in [1.82, 2.24) is 10.2 Å². The maximum absolute atomic E-state index is 13.7. The molecule has 0 saturated carbocycles. The van der Waals surface area contributed by atoms with Crippen LogP contribution < -0.4 is 10.1 Å². The molecule has 1 saturated heterocycles. The number of carbonyl (C=O) groups excluding carboxylic acids is 2. The Bertz CT molecular complexity index is 970. The lowest BCUT2D eigenvalue weighted by Gasteiger charge is -2.43. The Kier molecular flexibility index (Phi) is 5.58. The molecule has 1 aromatic rings. The summed E-state index contributed by atoms with van der Waals surface area (Å²) in [5, 5.41) is 13.5. The van der Waals surface area contributed by atoms with Crippen molar-refractivity contribution in [3.63, 3.8) is 0 Å². The molecule has 2 heterocycles. The number of amides is 1. The zero-order valence-electron chi connectivity index (χ0n) is 18.8. The van der Waals surface area contributed by atoms with Gasteiger partial charge in [-0.2, -0.15) is 0 Å². The maximum atomic E-state index is 13.7. The summed E-state index contributed by atoms with van der Waals surface area (Å²) in [6, 6.07) is 5.14. The number of carbonyl (C=O) groups is 2. The third-order valence-corrected chi connectivity index (χ3v) is 6.67. The fraction of sp³-hybridized carbons (Fsp3) is 0.520. The summed E-state index contributed by atoms with van der Waals surface area (Å²) < 4.78 is 5.33. The lowest BCUT2D eigenvalue weighted by Crippen LogP contribution is -2.46. The van der Waals surface area contributed by atoms with E-state index in [4.69, 9.17) is 4.74 Å². The summed E-state index contributed by atoms with van der Waals surface area (Å²) in [5.41, 5.74) is 2.87. The number of hydrogen-bond donors (Lipinski definition) is 2. The molecule has 31 heavy (non-hydrogen) atoms. The molecular formula is C25H32N2O4. The standard InChI is InChI=1S/C25H32N2O4/c1-15-21(24(30)27-10-6-5-7-11-27)22(16-8-9-18(28)20(12-16)31-4)23-17(26-15)13-25(2,3)14-19(23)29/h8-9,12-13,22-23,26,28H,5-7,10-11,14H2,1-4H3. The lowest BCUT2D eigenvalue weighted by molar-refractivity contribution is -0.129. The third-order valence-electron chi connectivity index (χ3n) is 6.67. The number of phenolic OH excluding ortho intramolecular Hbond substituents is 1. The molecule has 6 heteroatoms. The molecule has 0 bridgehead atoms. The van der Waals surface area contributed by atoms with E-state index in [9.17, 15) is 14.7 Å². The van der Waals surface area contributed by atoms with Crippen molar-refractivity contribution in [3.05, 3.63) is 46.8 Å². The highest BCUT2D eigenvalue weighted by Gasteiger charge is 2.46. The van der Waals surface area contributed by atoms with Crippen molar-refractivity contribution in [2.75, 3.05) is 20.2 Å². The highest BCUT2D eigenvalue weighted by atomic mass is 16.5. The van der Waals surface area contributed by atoms with E-state index in [1.165, 1.54) is 7.11 Å². The Morgan fingerprint density at radius 2 is 1.90 bits per heavy atom. The zero-order chi connectivity index (χ0) is 22.3. The lowest BCUT2D eigenvalue weighted by atomic mass is 9.66. The van der Waals surface area contributed by atoms with E-state index < -0.39 is 11.8 Å². The van der Waals surface area contributed by atoms with E-state index in [2.05, 4.69) is 25.2 Å². The molecule has 6 nitrogen and oxygen atoms in total. The van der Waals surface area contributed by atoms with Crippen molar-refractivity contribution < 1.29 is 19.4 Å². The number of allylic oxidation sites excluding steroid dienone is 3. The van der Waals surface area contributed by atoms with E-state index in [-0.39, 0.29) is 22.9 Å². The molecular weight excluding hydrogens is 392 g/mol. The summed E-state index contributed by atoms with van der Waals surface area (Å²) in [7, 11) is 1.50. The number of ether oxygens (including phenoxy) is 1. The van der Waals surface area contributed by atoms with Crippen LogP contribution in [0.3, 0.4) is 0 Å². The number of nitrogens with one attached hydrogen (secondary N) is 1. The van der Waals surface area contributed by atoms with Crippen LogP contribution in [0.25, 0.3) is 0 Å². The van der Waals surface area contributed by atoms with Crippen molar-refractivity contribution in [2.24, 2.45) is 11.3 Å². The summed E-state index contributed by atoms with van der Waals surface area (Å²) in [4.78, 5) is 29.0. The number of ketones is 1. The van der Waals surface area contributed by atoms with Crippen LogP contribution in [-0.2, 0) is 9.59 Å². The van der Waals surface area contributed by atoms with Gasteiger partial charge in [0.15, 0.2) is 11.5 Å². The van der Waals surface area contributed by atoms with Crippen molar-refractivity contribution in [1.29, 1.82) is 0 Å². The van der Waals surface area contributed by atoms with Crippen LogP contribution in [0.5, 0.6) is 11.5 Å². The van der Waals surface area contributed by atoms with Crippen LogP contribution in [0.2, 0.25) is 0 Å². The van der Waals surface area contributed by atoms with Gasteiger partial charge in [-0.1, -0.05) is 26.0 Å². The molecule has 2 aliphatic heterocycles. The Morgan fingerprint density at radius 1 is 1.19 bits per heavy atom. The number of phenols is 1. The molecule has 2 unspecified atom stereocenters. The van der Waals surface area contributed by atoms with Crippen LogP contribution in [0.15, 0.2) is 41.2 Å². The van der Waals surface area contributed by atoms with Gasteiger partial charge in [-0.3, -0.25) is 9.59 Å². The van der Waals surface area contributed by atoms with E-state index in [0.717, 1.165) is 49.3 Å². The SMILES string of the molecule is COc1cc(C2C(C(=O)N3CCCCC3)=C(C)NC3=CC(C)(C)CC(=O)C32)ccc1O. The maximum Gasteiger partial charge on any atom is 0.252 e. The Morgan fingerprint density at radius 3 is 2.58 bits per heavy atom. The molecule has 1 fully saturated rings. The molecule has 0 radical (unpaired) electrons. The van der Waals surface area contributed by atoms with Crippen LogP contribution in [0.1, 0.15) is 57.9 Å². The van der Waals surface area contributed by atoms with Gasteiger partial charge in [0.25, 0.3) is 5.91 Å². The minimum atomic E-state index is -0.449. The van der Waals surface area contributed by atoms with Gasteiger partial charge >= 0.3 is 0 Å². The van der Waals surface area contributed by atoms with Crippen molar-refractivity contribution >= 4 is 11.7 Å². The van der Waals surface area contributed by atoms with Crippen molar-refractivity contribution in [2.45, 2.75) is 52.4 Å². The molecule has 2 N–H and O–H groups in total. The molecule has 2 atom stereocenters. The van der Waals surface area contributed by atoms with Crippen LogP contribution >= 0.6 is 0 Å². The topological polar surface area (TPSA) is 78.9 Å². The van der Waals surface area contributed by atoms with Gasteiger partial charge in [-0.15, -0.1) is 0 Å². The largest absolute Gasteiger partial charge is 0.504 e. The van der Waals surface area contributed by atoms with Crippen LogP contribution in [-0.4, -0.2) is 41.9 Å². The average Bonchev–Trinajstić information content (AvgIpc) is 2.72. The molecule has 4 rings (SSSR count). The monoisotopic (exact) mass is 424 g/mol. The van der Waals surface area contributed by atoms with Gasteiger partial charge in [-0.25, -0.2) is 0 Å². The summed E-state index contributed by atoms with van der Waals surface area (Å²) in [6.07, 6.45) is 5.71. The number of hydrogen-bond acceptors (Lipinski definition) is 5. The van der Waals surface area contributed by atoms with Crippen molar-refractivity contribution in [3.8, 4) is 11.5 Å². The molecule has 1 aliphatic carbocycles. The Balaban J connectivity index is 1.87. The fourth-order valence-electron chi connectivity index (χ4n) is 5.26. The normalized spacial score (nSPS) is 25.5. The number of fused-ring (bicyclic) bond motifs is 1. The van der Waals surface area contributed by atoms with Gasteiger partial charge in [0.1, 0.15) is 5.78 Å². The van der Waals surface area contributed by atoms with E-state index in [0.29, 0.717) is 17.7 Å². The van der Waals surface area contributed by atoms with Gasteiger partial charge in [-0.05, 0) is 49.3 Å². The Labute approximate surface area is 184 Å². The second-order valence-corrected chi connectivity index (χ2v) is 9.63. The quantitative estimate of drug-likeness (QED) is 0.770. The van der Waals surface area contributed by atoms with E-state index >= 15 is 0 Å². The summed E-state index contributed by atoms with van der Waals surface area (Å²) in [6.45, 7) is 7.53. The highest BCUT2D eigenvalue weighted by molar-refractivity contribution is 5.99. The molecule has 1 amide bonds. The van der Waals surface area contributed by atoms with Gasteiger partial charge in [0.2, 0.25) is 0 Å². The first-order valence-electron chi connectivity index (χ1n) is 11.1. The number of nitrogens with zero attached hydrogens (tertiary/aromatic N) is 1. The zero-order valence-corrected chi connectivity index (χ0v) is 18.8. The number of rotatable bonds is 3. The predicted octanol–water partition coefficient (Wildman–Crippen LogP) is 3.87. The third kappa shape index (κ3) is 3.95. The second kappa shape index (κ2) is 8.06. The number of aromatic hydroxyl groups is 1. The van der Waals surface area contributed by atoms with Gasteiger partial charge in [0, 0.05) is 42.4 Å². The Hall–Kier alpha value is -2.76.